The van der Waals surface area contributed by atoms with Gasteiger partial charge in [-0.15, -0.1) is 13.2 Å². The molecule has 3 fully saturated rings. The number of ether oxygens (including phenoxy) is 2. The van der Waals surface area contributed by atoms with Crippen LogP contribution in [0, 0.1) is 24.1 Å². The van der Waals surface area contributed by atoms with Crippen LogP contribution in [0.5, 0.6) is 11.6 Å². The Hall–Kier alpha value is -5.59. The number of hydrogen-bond acceptors (Lipinski definition) is 11. The number of benzene rings is 2. The molecule has 5 atom stereocenters. The normalized spacial score (nSPS) is 25.8. The summed E-state index contributed by atoms with van der Waals surface area (Å²) in [7, 11) is -3.95. The number of allylic oxidation sites excluding steroid dienone is 2. The van der Waals surface area contributed by atoms with Crippen molar-refractivity contribution in [3.8, 4) is 11.6 Å². The predicted molar refractivity (Wildman–Crippen MR) is 205 cm³/mol. The highest BCUT2D eigenvalue weighted by atomic mass is 32.2. The van der Waals surface area contributed by atoms with Gasteiger partial charge in [0.1, 0.15) is 29.5 Å². The summed E-state index contributed by atoms with van der Waals surface area (Å²) in [5.74, 6) is -4.00. The summed E-state index contributed by atoms with van der Waals surface area (Å²) in [6, 6.07) is 6.15. The number of ketones is 1. The lowest BCUT2D eigenvalue weighted by atomic mass is 9.91. The van der Waals surface area contributed by atoms with Gasteiger partial charge in [0.15, 0.2) is 11.5 Å². The van der Waals surface area contributed by atoms with Crippen LogP contribution < -0.4 is 19.5 Å². The fourth-order valence-corrected chi connectivity index (χ4v) is 9.65. The van der Waals surface area contributed by atoms with Crippen LogP contribution in [-0.4, -0.2) is 83.3 Å². The lowest BCUT2D eigenvalue weighted by Gasteiger charge is -2.29. The number of amides is 3. The van der Waals surface area contributed by atoms with Gasteiger partial charge in [-0.05, 0) is 81.7 Å². The Labute approximate surface area is 341 Å². The zero-order chi connectivity index (χ0) is 42.6. The molecule has 4 aromatic rings. The third-order valence-corrected chi connectivity index (χ3v) is 13.4. The molecule has 60 heavy (non-hydrogen) atoms. The second-order valence-corrected chi connectivity index (χ2v) is 18.0. The van der Waals surface area contributed by atoms with Crippen molar-refractivity contribution in [3.05, 3.63) is 71.9 Å². The Morgan fingerprint density at radius 2 is 1.78 bits per heavy atom. The van der Waals surface area contributed by atoms with E-state index in [1.54, 1.807) is 6.92 Å². The number of hydrogen-bond donors (Lipinski definition) is 2. The monoisotopic (exact) mass is 855 g/mol. The van der Waals surface area contributed by atoms with Crippen LogP contribution in [0.1, 0.15) is 80.5 Å². The number of halogens is 4. The topological polar surface area (TPSA) is 187 Å². The van der Waals surface area contributed by atoms with Crippen LogP contribution in [0.25, 0.3) is 21.7 Å². The van der Waals surface area contributed by atoms with Gasteiger partial charge in [-0.2, -0.15) is 0 Å². The van der Waals surface area contributed by atoms with Crippen molar-refractivity contribution in [1.29, 1.82) is 0 Å². The molecule has 3 amide bonds. The molecule has 0 spiro atoms. The smallest absolute Gasteiger partial charge is 0.472 e. The molecule has 2 aromatic heterocycles. The quantitative estimate of drug-likeness (QED) is 0.121. The molecular formula is C41H41F4N5O9S. The van der Waals surface area contributed by atoms with Crippen LogP contribution in [0.4, 0.5) is 17.6 Å². The lowest BCUT2D eigenvalue weighted by Crippen LogP contribution is -2.52. The van der Waals surface area contributed by atoms with Crippen LogP contribution in [0.3, 0.4) is 0 Å². The molecule has 2 aliphatic carbocycles. The van der Waals surface area contributed by atoms with E-state index < -0.39 is 92.6 Å². The highest BCUT2D eigenvalue weighted by molar-refractivity contribution is 7.90. The van der Waals surface area contributed by atoms with Gasteiger partial charge in [0.05, 0.1) is 28.8 Å². The van der Waals surface area contributed by atoms with Gasteiger partial charge in [0, 0.05) is 41.1 Å². The van der Waals surface area contributed by atoms with Crippen LogP contribution in [0.2, 0.25) is 0 Å². The van der Waals surface area contributed by atoms with Crippen molar-refractivity contribution in [2.75, 3.05) is 6.54 Å². The zero-order valence-electron chi connectivity index (χ0n) is 32.3. The zero-order valence-corrected chi connectivity index (χ0v) is 33.1. The van der Waals surface area contributed by atoms with Gasteiger partial charge in [0.25, 0.3) is 5.91 Å². The molecular weight excluding hydrogens is 815 g/mol. The van der Waals surface area contributed by atoms with E-state index in [0.29, 0.717) is 43.3 Å². The Morgan fingerprint density at radius 1 is 1.00 bits per heavy atom. The largest absolute Gasteiger partial charge is 0.573 e. The maximum Gasteiger partial charge on any atom is 0.573 e. The number of nitrogens with zero attached hydrogens (tertiary/aromatic N) is 3. The Bertz CT molecular complexity index is 2520. The number of pyridine rings is 1. The standard InChI is InChI=1S/C41H41F4N5O9S/c1-22-15-33(48-59-22)36(52)46-31-8-6-4-2-3-5-7-23-19-40(23,39(54)49-60(55,56)27-11-12-27)20-35(51)34-18-26(21-50(34)38(31)53)57-37-29-14-10-25(58-41(43,44)45)17-30(29)28-13-9-24(42)16-32(28)47-37/h5,7,9-10,13-17,23,26-27,31,34H,2-4,6,8,11-12,18-21H2,1H3,(H,46,52)(H,49,54)/b7-5-/t23-,26-,31+,34+,40-/m1/s1. The fourth-order valence-electron chi connectivity index (χ4n) is 8.27. The summed E-state index contributed by atoms with van der Waals surface area (Å²) < 4.78 is 97.7. The van der Waals surface area contributed by atoms with Crippen molar-refractivity contribution in [3.63, 3.8) is 0 Å². The minimum Gasteiger partial charge on any atom is -0.472 e. The third kappa shape index (κ3) is 8.67. The van der Waals surface area contributed by atoms with Gasteiger partial charge >= 0.3 is 6.36 Å². The van der Waals surface area contributed by atoms with Gasteiger partial charge in [-0.25, -0.2) is 17.8 Å². The first-order valence-corrected chi connectivity index (χ1v) is 21.3. The molecule has 0 bridgehead atoms. The summed E-state index contributed by atoms with van der Waals surface area (Å²) in [5, 5.41) is 6.57. The van der Waals surface area contributed by atoms with Crippen LogP contribution >= 0.6 is 0 Å². The minimum atomic E-state index is -4.99. The number of fused-ring (bicyclic) bond motifs is 5. The van der Waals surface area contributed by atoms with Crippen molar-refractivity contribution >= 4 is 55.2 Å². The molecule has 2 N–H and O–H groups in total. The van der Waals surface area contributed by atoms with Gasteiger partial charge < -0.3 is 24.2 Å². The summed E-state index contributed by atoms with van der Waals surface area (Å²) >= 11 is 0. The molecule has 4 aliphatic rings. The Balaban J connectivity index is 1.14. The van der Waals surface area contributed by atoms with E-state index in [1.165, 1.54) is 23.1 Å². The highest BCUT2D eigenvalue weighted by Crippen LogP contribution is 2.57. The Morgan fingerprint density at radius 3 is 2.52 bits per heavy atom. The first-order chi connectivity index (χ1) is 28.5. The molecule has 0 radical (unpaired) electrons. The molecule has 19 heteroatoms. The number of sulfonamides is 1. The van der Waals surface area contributed by atoms with Gasteiger partial charge in [-0.1, -0.05) is 30.2 Å². The van der Waals surface area contributed by atoms with E-state index in [4.69, 9.17) is 9.26 Å². The number of nitrogens with one attached hydrogen (secondary N) is 2. The number of aromatic nitrogens is 2. The predicted octanol–water partition coefficient (Wildman–Crippen LogP) is 5.96. The molecule has 14 nitrogen and oxygen atoms in total. The number of aryl methyl sites for hydroxylation is 1. The second-order valence-electron chi connectivity index (χ2n) is 16.0. The molecule has 4 heterocycles. The lowest BCUT2D eigenvalue weighted by molar-refractivity contribution is -0.274. The summed E-state index contributed by atoms with van der Waals surface area (Å²) in [6.45, 7) is 1.38. The maximum absolute atomic E-state index is 14.7. The van der Waals surface area contributed by atoms with E-state index in [1.807, 2.05) is 12.2 Å². The number of carbonyl (C=O) groups is 4. The first kappa shape index (κ1) is 41.2. The van der Waals surface area contributed by atoms with Gasteiger partial charge in [0.2, 0.25) is 27.7 Å². The van der Waals surface area contributed by atoms with Crippen molar-refractivity contribution in [2.45, 2.75) is 101 Å². The molecule has 0 unspecified atom stereocenters. The van der Waals surface area contributed by atoms with Crippen molar-refractivity contribution in [1.82, 2.24) is 25.1 Å². The van der Waals surface area contributed by atoms with E-state index in [0.717, 1.165) is 30.7 Å². The molecule has 1 saturated heterocycles. The highest BCUT2D eigenvalue weighted by Gasteiger charge is 2.61. The second kappa shape index (κ2) is 15.8. The molecule has 2 aliphatic heterocycles. The molecule has 2 aromatic carbocycles. The van der Waals surface area contributed by atoms with Crippen LogP contribution in [-0.2, 0) is 24.4 Å². The van der Waals surface area contributed by atoms with Crippen molar-refractivity contribution in [2.24, 2.45) is 11.3 Å². The Kier molecular flexibility index (Phi) is 10.8. The summed E-state index contributed by atoms with van der Waals surface area (Å²) in [4.78, 5) is 62.2. The average Bonchev–Trinajstić information content (AvgIpc) is 4.07. The number of carbonyl (C=O) groups excluding carboxylic acids is 4. The van der Waals surface area contributed by atoms with Crippen molar-refractivity contribution < 1.29 is 59.2 Å². The van der Waals surface area contributed by atoms with E-state index in [-0.39, 0.29) is 53.7 Å². The number of rotatable bonds is 8. The number of Topliss-reactive ketones (excluding diaryl/α,β-unsaturated/α-hetero) is 1. The van der Waals surface area contributed by atoms with Crippen LogP contribution in [0.15, 0.2) is 59.1 Å². The van der Waals surface area contributed by atoms with E-state index in [9.17, 15) is 45.2 Å². The minimum absolute atomic E-state index is 0.0504. The summed E-state index contributed by atoms with van der Waals surface area (Å²) in [5.41, 5.74) is -1.40. The SMILES string of the molecule is Cc1cc(C(=O)N[C@H]2CCCCC/C=C\[C@@H]3C[C@@]3(C(=O)NS(=O)(=O)C3CC3)CC(=O)[C@@H]3C[C@@H](Oc4nc5cc(F)ccc5c5cc(OC(F)(F)F)ccc45)CN3C2=O)no1. The molecule has 2 saturated carbocycles. The molecule has 318 valence electrons. The average molecular weight is 856 g/mol. The summed E-state index contributed by atoms with van der Waals surface area (Å²) in [6.07, 6.45) is 1.06. The van der Waals surface area contributed by atoms with E-state index in [2.05, 4.69) is 24.9 Å². The van der Waals surface area contributed by atoms with Gasteiger partial charge in [-0.3, -0.25) is 23.9 Å². The van der Waals surface area contributed by atoms with E-state index >= 15 is 0 Å². The number of alkyl halides is 3. The maximum atomic E-state index is 14.7. The first-order valence-electron chi connectivity index (χ1n) is 19.8. The fraction of sp³-hybridized carbons (Fsp3) is 0.463. The molecule has 8 rings (SSSR count). The third-order valence-electron chi connectivity index (χ3n) is 11.6.